The molecule has 2 fully saturated rings. The summed E-state index contributed by atoms with van der Waals surface area (Å²) >= 11 is 0. The van der Waals surface area contributed by atoms with Crippen molar-refractivity contribution in [3.05, 3.63) is 0 Å². The Kier molecular flexibility index (Phi) is 4.64. The molecule has 3 heteroatoms. The molecule has 0 aromatic rings. The molecule has 1 saturated carbocycles. The maximum atomic E-state index is 11.6. The number of nitrogens with one attached hydrogen (secondary N) is 2. The molecule has 2 rings (SSSR count). The fraction of sp³-hybridized carbons (Fsp3) is 0.923. The summed E-state index contributed by atoms with van der Waals surface area (Å²) in [7, 11) is 0. The fourth-order valence-corrected chi connectivity index (χ4v) is 2.58. The molecule has 2 aliphatic rings. The van der Waals surface area contributed by atoms with Gasteiger partial charge >= 0.3 is 0 Å². The van der Waals surface area contributed by atoms with Crippen molar-refractivity contribution in [1.82, 2.24) is 10.6 Å². The SMILES string of the molecule is O=C(CCC1CCNC1)NCCC1CCC1. The van der Waals surface area contributed by atoms with Crippen LogP contribution in [-0.2, 0) is 4.79 Å². The van der Waals surface area contributed by atoms with Crippen molar-refractivity contribution < 1.29 is 4.79 Å². The molecule has 1 heterocycles. The predicted octanol–water partition coefficient (Wildman–Crippen LogP) is 1.68. The standard InChI is InChI=1S/C13H24N2O/c16-13(5-4-12-6-8-14-10-12)15-9-7-11-2-1-3-11/h11-12,14H,1-10H2,(H,15,16). The first-order valence-corrected chi connectivity index (χ1v) is 6.82. The molecule has 0 bridgehead atoms. The van der Waals surface area contributed by atoms with Gasteiger partial charge in [0.25, 0.3) is 0 Å². The van der Waals surface area contributed by atoms with E-state index >= 15 is 0 Å². The number of amides is 1. The Labute approximate surface area is 98.4 Å². The van der Waals surface area contributed by atoms with Crippen LogP contribution in [0.4, 0.5) is 0 Å². The molecule has 92 valence electrons. The van der Waals surface area contributed by atoms with Crippen molar-refractivity contribution in [3.63, 3.8) is 0 Å². The lowest BCUT2D eigenvalue weighted by atomic mass is 9.83. The monoisotopic (exact) mass is 224 g/mol. The first kappa shape index (κ1) is 11.9. The van der Waals surface area contributed by atoms with Gasteiger partial charge in [0.2, 0.25) is 5.91 Å². The molecule has 1 amide bonds. The van der Waals surface area contributed by atoms with Crippen molar-refractivity contribution in [2.45, 2.75) is 44.9 Å². The average Bonchev–Trinajstić information content (AvgIpc) is 2.71. The number of carbonyl (C=O) groups is 1. The molecule has 16 heavy (non-hydrogen) atoms. The van der Waals surface area contributed by atoms with Crippen molar-refractivity contribution in [2.75, 3.05) is 19.6 Å². The maximum absolute atomic E-state index is 11.6. The van der Waals surface area contributed by atoms with E-state index in [1.807, 2.05) is 0 Å². The summed E-state index contributed by atoms with van der Waals surface area (Å²) in [5.74, 6) is 1.89. The second-order valence-electron chi connectivity index (χ2n) is 5.33. The molecule has 0 aromatic carbocycles. The molecule has 0 aromatic heterocycles. The lowest BCUT2D eigenvalue weighted by molar-refractivity contribution is -0.121. The lowest BCUT2D eigenvalue weighted by Crippen LogP contribution is -2.27. The molecule has 1 aliphatic heterocycles. The van der Waals surface area contributed by atoms with Gasteiger partial charge in [-0.3, -0.25) is 4.79 Å². The van der Waals surface area contributed by atoms with Crippen molar-refractivity contribution in [2.24, 2.45) is 11.8 Å². The fourth-order valence-electron chi connectivity index (χ4n) is 2.58. The van der Waals surface area contributed by atoms with Crippen molar-refractivity contribution in [1.29, 1.82) is 0 Å². The topological polar surface area (TPSA) is 41.1 Å². The van der Waals surface area contributed by atoms with Crippen LogP contribution >= 0.6 is 0 Å². The minimum Gasteiger partial charge on any atom is -0.356 e. The van der Waals surface area contributed by atoms with E-state index in [0.717, 1.165) is 44.3 Å². The van der Waals surface area contributed by atoms with Gasteiger partial charge in [0, 0.05) is 13.0 Å². The average molecular weight is 224 g/mol. The van der Waals surface area contributed by atoms with E-state index in [9.17, 15) is 4.79 Å². The van der Waals surface area contributed by atoms with Gasteiger partial charge in [-0.2, -0.15) is 0 Å². The molecule has 1 unspecified atom stereocenters. The maximum Gasteiger partial charge on any atom is 0.220 e. The van der Waals surface area contributed by atoms with Crippen LogP contribution in [0.3, 0.4) is 0 Å². The third-order valence-electron chi connectivity index (χ3n) is 4.04. The molecule has 0 radical (unpaired) electrons. The van der Waals surface area contributed by atoms with Crippen LogP contribution in [0.1, 0.15) is 44.9 Å². The smallest absolute Gasteiger partial charge is 0.220 e. The van der Waals surface area contributed by atoms with Crippen LogP contribution in [0.5, 0.6) is 0 Å². The summed E-state index contributed by atoms with van der Waals surface area (Å²) in [4.78, 5) is 11.6. The molecule has 1 saturated heterocycles. The van der Waals surface area contributed by atoms with Gasteiger partial charge in [-0.25, -0.2) is 0 Å². The molecular weight excluding hydrogens is 200 g/mol. The molecule has 1 aliphatic carbocycles. The van der Waals surface area contributed by atoms with Crippen LogP contribution in [0.2, 0.25) is 0 Å². The van der Waals surface area contributed by atoms with Crippen LogP contribution in [-0.4, -0.2) is 25.5 Å². The van der Waals surface area contributed by atoms with Crippen LogP contribution < -0.4 is 10.6 Å². The van der Waals surface area contributed by atoms with Crippen LogP contribution in [0.15, 0.2) is 0 Å². The molecular formula is C13H24N2O. The third kappa shape index (κ3) is 3.78. The van der Waals surface area contributed by atoms with Gasteiger partial charge in [-0.1, -0.05) is 19.3 Å². The van der Waals surface area contributed by atoms with Gasteiger partial charge in [0.05, 0.1) is 0 Å². The summed E-state index contributed by atoms with van der Waals surface area (Å²) in [6, 6.07) is 0. The van der Waals surface area contributed by atoms with Gasteiger partial charge in [-0.15, -0.1) is 0 Å². The highest BCUT2D eigenvalue weighted by Gasteiger charge is 2.18. The van der Waals surface area contributed by atoms with E-state index in [1.165, 1.54) is 32.1 Å². The van der Waals surface area contributed by atoms with Gasteiger partial charge in [0.1, 0.15) is 0 Å². The van der Waals surface area contributed by atoms with E-state index in [-0.39, 0.29) is 5.91 Å². The summed E-state index contributed by atoms with van der Waals surface area (Å²) in [6.45, 7) is 3.13. The van der Waals surface area contributed by atoms with E-state index in [0.29, 0.717) is 0 Å². The largest absolute Gasteiger partial charge is 0.356 e. The molecule has 2 N–H and O–H groups in total. The highest BCUT2D eigenvalue weighted by Crippen LogP contribution is 2.28. The van der Waals surface area contributed by atoms with Crippen molar-refractivity contribution >= 4 is 5.91 Å². The van der Waals surface area contributed by atoms with Gasteiger partial charge in [0.15, 0.2) is 0 Å². The zero-order valence-corrected chi connectivity index (χ0v) is 10.1. The second-order valence-corrected chi connectivity index (χ2v) is 5.33. The van der Waals surface area contributed by atoms with Crippen molar-refractivity contribution in [3.8, 4) is 0 Å². The number of hydrogen-bond donors (Lipinski definition) is 2. The van der Waals surface area contributed by atoms with E-state index < -0.39 is 0 Å². The molecule has 0 spiro atoms. The first-order chi connectivity index (χ1) is 7.84. The first-order valence-electron chi connectivity index (χ1n) is 6.82. The zero-order chi connectivity index (χ0) is 11.2. The highest BCUT2D eigenvalue weighted by molar-refractivity contribution is 5.75. The Morgan fingerprint density at radius 3 is 2.69 bits per heavy atom. The van der Waals surface area contributed by atoms with E-state index in [2.05, 4.69) is 10.6 Å². The number of rotatable bonds is 6. The zero-order valence-electron chi connectivity index (χ0n) is 10.1. The Hall–Kier alpha value is -0.570. The van der Waals surface area contributed by atoms with E-state index in [1.54, 1.807) is 0 Å². The Morgan fingerprint density at radius 1 is 1.19 bits per heavy atom. The summed E-state index contributed by atoms with van der Waals surface area (Å²) in [5, 5.41) is 6.38. The highest BCUT2D eigenvalue weighted by atomic mass is 16.1. The summed E-state index contributed by atoms with van der Waals surface area (Å²) < 4.78 is 0. The van der Waals surface area contributed by atoms with Crippen LogP contribution in [0, 0.1) is 11.8 Å². The summed E-state index contributed by atoms with van der Waals surface area (Å²) in [5.41, 5.74) is 0. The summed E-state index contributed by atoms with van der Waals surface area (Å²) in [6.07, 6.45) is 8.37. The van der Waals surface area contributed by atoms with Gasteiger partial charge in [-0.05, 0) is 44.2 Å². The Balaban J connectivity index is 1.46. The second kappa shape index (κ2) is 6.24. The quantitative estimate of drug-likeness (QED) is 0.721. The minimum atomic E-state index is 0.256. The van der Waals surface area contributed by atoms with E-state index in [4.69, 9.17) is 0 Å². The predicted molar refractivity (Wildman–Crippen MR) is 65.2 cm³/mol. The Morgan fingerprint density at radius 2 is 2.06 bits per heavy atom. The van der Waals surface area contributed by atoms with Gasteiger partial charge < -0.3 is 10.6 Å². The number of carbonyl (C=O) groups excluding carboxylic acids is 1. The normalized spacial score (nSPS) is 25.4. The lowest BCUT2D eigenvalue weighted by Gasteiger charge is -2.25. The molecule has 3 nitrogen and oxygen atoms in total. The minimum absolute atomic E-state index is 0.256. The third-order valence-corrected chi connectivity index (χ3v) is 4.04. The Bertz CT molecular complexity index is 220. The number of hydrogen-bond acceptors (Lipinski definition) is 2. The molecule has 1 atom stereocenters. The van der Waals surface area contributed by atoms with Crippen LogP contribution in [0.25, 0.3) is 0 Å².